The molecule has 1 aliphatic rings. The molecule has 1 atom stereocenters. The molecule has 1 aliphatic heterocycles. The van der Waals surface area contributed by atoms with E-state index in [2.05, 4.69) is 24.1 Å². The molecule has 3 heteroatoms. The molecule has 1 heterocycles. The Kier molecular flexibility index (Phi) is 3.34. The minimum absolute atomic E-state index is 0.579. The Balaban J connectivity index is 2.21. The molecule has 0 radical (unpaired) electrons. The van der Waals surface area contributed by atoms with E-state index >= 15 is 0 Å². The molecule has 0 spiro atoms. The molecular formula is C13H20N2O. The third-order valence-electron chi connectivity index (χ3n) is 3.40. The van der Waals surface area contributed by atoms with Gasteiger partial charge >= 0.3 is 0 Å². The van der Waals surface area contributed by atoms with Gasteiger partial charge in [0.25, 0.3) is 0 Å². The van der Waals surface area contributed by atoms with Crippen molar-refractivity contribution in [2.45, 2.75) is 25.3 Å². The van der Waals surface area contributed by atoms with Crippen molar-refractivity contribution in [2.75, 3.05) is 25.6 Å². The molecule has 88 valence electrons. The molecule has 0 amide bonds. The lowest BCUT2D eigenvalue weighted by atomic mass is 10.1. The first kappa shape index (κ1) is 11.3. The molecule has 3 nitrogen and oxygen atoms in total. The zero-order valence-corrected chi connectivity index (χ0v) is 10.1. The lowest BCUT2D eigenvalue weighted by Crippen LogP contribution is -2.28. The molecule has 2 N–H and O–H groups in total. The second-order valence-corrected chi connectivity index (χ2v) is 4.37. The number of nitrogens with zero attached hydrogens (tertiary/aromatic N) is 1. The maximum atomic E-state index is 5.57. The molecule has 0 saturated carbocycles. The Hall–Kier alpha value is -1.22. The summed E-state index contributed by atoms with van der Waals surface area (Å²) >= 11 is 0. The van der Waals surface area contributed by atoms with Gasteiger partial charge < -0.3 is 15.4 Å². The smallest absolute Gasteiger partial charge is 0.142 e. The van der Waals surface area contributed by atoms with Crippen molar-refractivity contribution in [3.63, 3.8) is 0 Å². The molecule has 0 aromatic heterocycles. The number of nitrogens with two attached hydrogens (primary N) is 1. The van der Waals surface area contributed by atoms with Crippen LogP contribution in [0, 0.1) is 0 Å². The second kappa shape index (κ2) is 4.74. The summed E-state index contributed by atoms with van der Waals surface area (Å²) in [6.07, 6.45) is 3.36. The summed E-state index contributed by atoms with van der Waals surface area (Å²) in [6.45, 7) is 0.776. The zero-order chi connectivity index (χ0) is 11.5. The fraction of sp³-hybridized carbons (Fsp3) is 0.538. The molecule has 0 aliphatic carbocycles. The van der Waals surface area contributed by atoms with E-state index in [0.29, 0.717) is 6.04 Å². The third kappa shape index (κ3) is 1.87. The molecule has 0 fully saturated rings. The van der Waals surface area contributed by atoms with Crippen LogP contribution < -0.4 is 15.4 Å². The van der Waals surface area contributed by atoms with E-state index in [1.165, 1.54) is 11.3 Å². The number of anilines is 1. The summed E-state index contributed by atoms with van der Waals surface area (Å²) in [4.78, 5) is 2.34. The predicted molar refractivity (Wildman–Crippen MR) is 67.2 cm³/mol. The summed E-state index contributed by atoms with van der Waals surface area (Å²) < 4.78 is 5.41. The third-order valence-corrected chi connectivity index (χ3v) is 3.40. The Bertz CT molecular complexity index is 365. The van der Waals surface area contributed by atoms with Gasteiger partial charge in [-0.05, 0) is 37.4 Å². The first-order chi connectivity index (χ1) is 7.77. The Morgan fingerprint density at radius 3 is 3.00 bits per heavy atom. The van der Waals surface area contributed by atoms with E-state index in [0.717, 1.165) is 31.6 Å². The van der Waals surface area contributed by atoms with Gasteiger partial charge in [-0.15, -0.1) is 0 Å². The van der Waals surface area contributed by atoms with Crippen molar-refractivity contribution in [3.8, 4) is 5.75 Å². The normalized spacial score (nSPS) is 18.7. The van der Waals surface area contributed by atoms with E-state index in [4.69, 9.17) is 10.5 Å². The largest absolute Gasteiger partial charge is 0.495 e. The van der Waals surface area contributed by atoms with Crippen LogP contribution in [0.25, 0.3) is 0 Å². The molecule has 0 bridgehead atoms. The van der Waals surface area contributed by atoms with Crippen molar-refractivity contribution in [3.05, 3.63) is 23.8 Å². The summed E-state index contributed by atoms with van der Waals surface area (Å²) in [6, 6.07) is 6.86. The predicted octanol–water partition coefficient (Wildman–Crippen LogP) is 1.79. The molecule has 1 aromatic rings. The summed E-state index contributed by atoms with van der Waals surface area (Å²) in [5, 5.41) is 0. The summed E-state index contributed by atoms with van der Waals surface area (Å²) in [5.74, 6) is 0.982. The van der Waals surface area contributed by atoms with Crippen molar-refractivity contribution in [2.24, 2.45) is 5.73 Å². The number of benzene rings is 1. The molecule has 1 aromatic carbocycles. The van der Waals surface area contributed by atoms with Gasteiger partial charge in [0.15, 0.2) is 0 Å². The number of ether oxygens (including phenoxy) is 1. The number of fused-ring (bicyclic) bond motifs is 1. The highest BCUT2D eigenvalue weighted by molar-refractivity contribution is 5.67. The van der Waals surface area contributed by atoms with E-state index < -0.39 is 0 Å². The van der Waals surface area contributed by atoms with Gasteiger partial charge in [-0.25, -0.2) is 0 Å². The number of hydrogen-bond donors (Lipinski definition) is 1. The molecule has 0 saturated heterocycles. The van der Waals surface area contributed by atoms with Crippen molar-refractivity contribution < 1.29 is 4.74 Å². The second-order valence-electron chi connectivity index (χ2n) is 4.37. The van der Waals surface area contributed by atoms with Gasteiger partial charge in [0.2, 0.25) is 0 Å². The van der Waals surface area contributed by atoms with Crippen LogP contribution >= 0.6 is 0 Å². The van der Waals surface area contributed by atoms with E-state index in [-0.39, 0.29) is 0 Å². The quantitative estimate of drug-likeness (QED) is 0.841. The molecule has 1 unspecified atom stereocenters. The maximum Gasteiger partial charge on any atom is 0.142 e. The highest BCUT2D eigenvalue weighted by atomic mass is 16.5. The van der Waals surface area contributed by atoms with Crippen LogP contribution in [0.15, 0.2) is 18.2 Å². The monoisotopic (exact) mass is 220 g/mol. The zero-order valence-electron chi connectivity index (χ0n) is 10.1. The fourth-order valence-corrected chi connectivity index (χ4v) is 2.52. The van der Waals surface area contributed by atoms with Gasteiger partial charge in [-0.1, -0.05) is 12.1 Å². The van der Waals surface area contributed by atoms with Gasteiger partial charge in [0.05, 0.1) is 12.8 Å². The van der Waals surface area contributed by atoms with Crippen LogP contribution in [-0.4, -0.2) is 26.7 Å². The van der Waals surface area contributed by atoms with Crippen molar-refractivity contribution >= 4 is 5.69 Å². The van der Waals surface area contributed by atoms with E-state index in [9.17, 15) is 0 Å². The van der Waals surface area contributed by atoms with Gasteiger partial charge in [-0.2, -0.15) is 0 Å². The Morgan fingerprint density at radius 2 is 2.31 bits per heavy atom. The minimum atomic E-state index is 0.579. The SMILES string of the molecule is COc1cccc2c1N(C)C(CCCN)C2. The van der Waals surface area contributed by atoms with Crippen LogP contribution in [0.3, 0.4) is 0 Å². The van der Waals surface area contributed by atoms with Gasteiger partial charge in [0.1, 0.15) is 5.75 Å². The van der Waals surface area contributed by atoms with Crippen molar-refractivity contribution in [1.29, 1.82) is 0 Å². The van der Waals surface area contributed by atoms with Crippen LogP contribution in [0.4, 0.5) is 5.69 Å². The van der Waals surface area contributed by atoms with E-state index in [1.807, 2.05) is 6.07 Å². The summed E-state index contributed by atoms with van der Waals surface area (Å²) in [7, 11) is 3.88. The molecule has 2 rings (SSSR count). The van der Waals surface area contributed by atoms with Crippen LogP contribution in [0.5, 0.6) is 5.75 Å². The number of rotatable bonds is 4. The lowest BCUT2D eigenvalue weighted by Gasteiger charge is -2.23. The van der Waals surface area contributed by atoms with Gasteiger partial charge in [-0.3, -0.25) is 0 Å². The lowest BCUT2D eigenvalue weighted by molar-refractivity contribution is 0.414. The first-order valence-corrected chi connectivity index (χ1v) is 5.86. The van der Waals surface area contributed by atoms with Crippen LogP contribution in [0.2, 0.25) is 0 Å². The topological polar surface area (TPSA) is 38.5 Å². The Morgan fingerprint density at radius 1 is 1.50 bits per heavy atom. The van der Waals surface area contributed by atoms with E-state index in [1.54, 1.807) is 7.11 Å². The number of hydrogen-bond acceptors (Lipinski definition) is 3. The Labute approximate surface area is 97.2 Å². The van der Waals surface area contributed by atoms with Crippen molar-refractivity contribution in [1.82, 2.24) is 0 Å². The minimum Gasteiger partial charge on any atom is -0.495 e. The van der Waals surface area contributed by atoms with Crippen LogP contribution in [0.1, 0.15) is 18.4 Å². The highest BCUT2D eigenvalue weighted by Crippen LogP contribution is 2.39. The number of likely N-dealkylation sites (N-methyl/N-ethyl adjacent to an activating group) is 1. The fourth-order valence-electron chi connectivity index (χ4n) is 2.52. The molecular weight excluding hydrogens is 200 g/mol. The first-order valence-electron chi connectivity index (χ1n) is 5.86. The molecule has 16 heavy (non-hydrogen) atoms. The maximum absolute atomic E-state index is 5.57. The average molecular weight is 220 g/mol. The summed E-state index contributed by atoms with van der Waals surface area (Å²) in [5.41, 5.74) is 8.22. The standard InChI is InChI=1S/C13H20N2O/c1-15-11(6-4-8-14)9-10-5-3-7-12(16-2)13(10)15/h3,5,7,11H,4,6,8-9,14H2,1-2H3. The highest BCUT2D eigenvalue weighted by Gasteiger charge is 2.28. The van der Waals surface area contributed by atoms with Gasteiger partial charge in [0, 0.05) is 13.1 Å². The number of para-hydroxylation sites is 1. The average Bonchev–Trinajstić information content (AvgIpc) is 2.64. The number of methoxy groups -OCH3 is 1. The van der Waals surface area contributed by atoms with Crippen LogP contribution in [-0.2, 0) is 6.42 Å².